The van der Waals surface area contributed by atoms with Gasteiger partial charge in [0.05, 0.1) is 59.8 Å². The van der Waals surface area contributed by atoms with Crippen molar-refractivity contribution in [3.8, 4) is 17.3 Å². The van der Waals surface area contributed by atoms with Crippen LogP contribution in [0.25, 0.3) is 22.3 Å². The van der Waals surface area contributed by atoms with Crippen molar-refractivity contribution in [3.63, 3.8) is 0 Å². The van der Waals surface area contributed by atoms with Crippen LogP contribution >= 0.6 is 11.6 Å². The number of carbonyl (C=O) groups is 2. The first-order valence-electron chi connectivity index (χ1n) is 11.8. The van der Waals surface area contributed by atoms with Crippen LogP contribution < -0.4 is 10.6 Å². The van der Waals surface area contributed by atoms with Gasteiger partial charge in [-0.15, -0.1) is 0 Å². The molecule has 5 rings (SSSR count). The molecular formula is C29H22ClN5O4. The minimum atomic E-state index is -0.958. The first-order chi connectivity index (χ1) is 18.9. The molecule has 0 saturated heterocycles. The highest BCUT2D eigenvalue weighted by atomic mass is 35.5. The van der Waals surface area contributed by atoms with E-state index >= 15 is 0 Å². The van der Waals surface area contributed by atoms with Crippen molar-refractivity contribution in [1.82, 2.24) is 9.97 Å². The number of halogens is 1. The predicted molar refractivity (Wildman–Crippen MR) is 146 cm³/mol. The number of hydrogen-bond acceptors (Lipinski definition) is 8. The number of para-hydroxylation sites is 1. The van der Waals surface area contributed by atoms with E-state index in [0.29, 0.717) is 33.2 Å². The number of ether oxygens (including phenoxy) is 2. The minimum Gasteiger partial charge on any atom is -0.466 e. The largest absolute Gasteiger partial charge is 0.466 e. The number of nitrogens with two attached hydrogens (primary N) is 1. The highest BCUT2D eigenvalue weighted by molar-refractivity contribution is 6.29. The number of H-pyrrole nitrogens is 1. The van der Waals surface area contributed by atoms with Gasteiger partial charge in [-0.2, -0.15) is 5.26 Å². The molecule has 10 heteroatoms. The van der Waals surface area contributed by atoms with E-state index in [1.54, 1.807) is 54.6 Å². The molecule has 1 aliphatic rings. The summed E-state index contributed by atoms with van der Waals surface area (Å²) < 4.78 is 10.2. The van der Waals surface area contributed by atoms with Crippen molar-refractivity contribution in [1.29, 1.82) is 5.26 Å². The Labute approximate surface area is 228 Å². The quantitative estimate of drug-likeness (QED) is 0.273. The molecule has 0 spiro atoms. The number of aromatic amines is 1. The molecule has 0 saturated carbocycles. The van der Waals surface area contributed by atoms with Gasteiger partial charge in [-0.3, -0.25) is 4.90 Å². The SMILES string of the molecule is COC(=O)C1=C(C(=O)OC)N(c2ccccc2-c2cc3nc(Cl)ccc3[nH]2)C(N)=C(C#N)C1c1ccccc1. The maximum atomic E-state index is 13.4. The fourth-order valence-electron chi connectivity index (χ4n) is 4.79. The second-order valence-corrected chi connectivity index (χ2v) is 8.99. The lowest BCUT2D eigenvalue weighted by atomic mass is 9.80. The minimum absolute atomic E-state index is 0.0239. The molecule has 39 heavy (non-hydrogen) atoms. The Hall–Kier alpha value is -5.07. The van der Waals surface area contributed by atoms with Crippen LogP contribution in [0.2, 0.25) is 5.15 Å². The molecule has 0 bridgehead atoms. The number of methoxy groups -OCH3 is 2. The maximum absolute atomic E-state index is 13.4. The zero-order valence-electron chi connectivity index (χ0n) is 20.9. The normalized spacial score (nSPS) is 15.3. The number of carbonyl (C=O) groups excluding carboxylic acids is 2. The van der Waals surface area contributed by atoms with Crippen LogP contribution in [-0.4, -0.2) is 36.1 Å². The van der Waals surface area contributed by atoms with Gasteiger partial charge in [0.2, 0.25) is 0 Å². The summed E-state index contributed by atoms with van der Waals surface area (Å²) in [4.78, 5) is 35.7. The van der Waals surface area contributed by atoms with E-state index in [-0.39, 0.29) is 22.7 Å². The highest BCUT2D eigenvalue weighted by Gasteiger charge is 2.43. The summed E-state index contributed by atoms with van der Waals surface area (Å²) >= 11 is 6.08. The van der Waals surface area contributed by atoms with Crippen LogP contribution in [0.15, 0.2) is 95.5 Å². The second-order valence-electron chi connectivity index (χ2n) is 8.60. The molecule has 1 atom stereocenters. The summed E-state index contributed by atoms with van der Waals surface area (Å²) in [5.74, 6) is -2.60. The third-order valence-electron chi connectivity index (χ3n) is 6.49. The zero-order valence-corrected chi connectivity index (χ0v) is 21.7. The number of nitrogens with zero attached hydrogens (tertiary/aromatic N) is 3. The first-order valence-corrected chi connectivity index (χ1v) is 12.2. The lowest BCUT2D eigenvalue weighted by Crippen LogP contribution is -2.41. The fraction of sp³-hybridized carbons (Fsp3) is 0.103. The molecule has 194 valence electrons. The molecule has 0 amide bonds. The topological polar surface area (TPSA) is 134 Å². The van der Waals surface area contributed by atoms with Crippen molar-refractivity contribution in [2.45, 2.75) is 5.92 Å². The summed E-state index contributed by atoms with van der Waals surface area (Å²) in [6.07, 6.45) is 0. The van der Waals surface area contributed by atoms with Crippen LogP contribution in [-0.2, 0) is 19.1 Å². The average Bonchev–Trinajstić information content (AvgIpc) is 3.39. The van der Waals surface area contributed by atoms with E-state index in [0.717, 1.165) is 5.52 Å². The van der Waals surface area contributed by atoms with E-state index < -0.39 is 17.9 Å². The number of aromatic nitrogens is 2. The van der Waals surface area contributed by atoms with E-state index in [1.165, 1.54) is 19.1 Å². The molecule has 3 N–H and O–H groups in total. The summed E-state index contributed by atoms with van der Waals surface area (Å²) in [6.45, 7) is 0. The molecule has 1 aliphatic heterocycles. The van der Waals surface area contributed by atoms with Gasteiger partial charge in [0.15, 0.2) is 0 Å². The number of nitrogens with one attached hydrogen (secondary N) is 1. The van der Waals surface area contributed by atoms with Crippen LogP contribution in [0.4, 0.5) is 5.69 Å². The number of pyridine rings is 1. The lowest BCUT2D eigenvalue weighted by molar-refractivity contribution is -0.139. The zero-order chi connectivity index (χ0) is 27.7. The predicted octanol–water partition coefficient (Wildman–Crippen LogP) is 4.78. The number of fused-ring (bicyclic) bond motifs is 1. The van der Waals surface area contributed by atoms with Gasteiger partial charge in [-0.1, -0.05) is 60.1 Å². The number of nitriles is 1. The summed E-state index contributed by atoms with van der Waals surface area (Å²) in [6, 6.07) is 23.4. The second kappa shape index (κ2) is 10.4. The van der Waals surface area contributed by atoms with Gasteiger partial charge in [0.1, 0.15) is 16.7 Å². The Balaban J connectivity index is 1.82. The Morgan fingerprint density at radius 3 is 2.41 bits per heavy atom. The molecule has 0 radical (unpaired) electrons. The van der Waals surface area contributed by atoms with Crippen molar-refractivity contribution >= 4 is 40.3 Å². The van der Waals surface area contributed by atoms with E-state index in [2.05, 4.69) is 16.0 Å². The molecular weight excluding hydrogens is 518 g/mol. The van der Waals surface area contributed by atoms with Crippen molar-refractivity contribution < 1.29 is 19.1 Å². The van der Waals surface area contributed by atoms with E-state index in [1.807, 2.05) is 18.2 Å². The molecule has 9 nitrogen and oxygen atoms in total. The molecule has 2 aromatic heterocycles. The van der Waals surface area contributed by atoms with Gasteiger partial charge in [0.25, 0.3) is 0 Å². The average molecular weight is 540 g/mol. The monoisotopic (exact) mass is 539 g/mol. The number of hydrogen-bond donors (Lipinski definition) is 2. The van der Waals surface area contributed by atoms with Crippen LogP contribution in [0.5, 0.6) is 0 Å². The smallest absolute Gasteiger partial charge is 0.355 e. The van der Waals surface area contributed by atoms with Crippen LogP contribution in [0.1, 0.15) is 11.5 Å². The van der Waals surface area contributed by atoms with Crippen molar-refractivity contribution in [2.24, 2.45) is 5.73 Å². The van der Waals surface area contributed by atoms with E-state index in [9.17, 15) is 14.9 Å². The van der Waals surface area contributed by atoms with Gasteiger partial charge in [-0.25, -0.2) is 14.6 Å². The summed E-state index contributed by atoms with van der Waals surface area (Å²) in [5.41, 5.74) is 10.2. The fourth-order valence-corrected chi connectivity index (χ4v) is 4.94. The van der Waals surface area contributed by atoms with Gasteiger partial charge in [-0.05, 0) is 29.8 Å². The molecule has 0 aliphatic carbocycles. The third-order valence-corrected chi connectivity index (χ3v) is 6.70. The van der Waals surface area contributed by atoms with Gasteiger partial charge < -0.3 is 20.2 Å². The number of esters is 2. The van der Waals surface area contributed by atoms with Gasteiger partial charge in [0, 0.05) is 5.56 Å². The number of allylic oxidation sites excluding steroid dienone is 1. The Kier molecular flexibility index (Phi) is 6.79. The number of benzene rings is 2. The Bertz CT molecular complexity index is 1720. The van der Waals surface area contributed by atoms with Crippen LogP contribution in [0, 0.1) is 11.3 Å². The first kappa shape index (κ1) is 25.6. The Morgan fingerprint density at radius 2 is 1.72 bits per heavy atom. The number of anilines is 1. The van der Waals surface area contributed by atoms with Crippen molar-refractivity contribution in [3.05, 3.63) is 106 Å². The van der Waals surface area contributed by atoms with Crippen LogP contribution in [0.3, 0.4) is 0 Å². The number of rotatable bonds is 5. The summed E-state index contributed by atoms with van der Waals surface area (Å²) in [5, 5.41) is 10.6. The molecule has 3 heterocycles. The molecule has 1 unspecified atom stereocenters. The standard InChI is InChI=1S/C29H22ClN5O4/c1-38-28(36)25-24(16-8-4-3-5-9-16)18(15-31)27(32)35(26(25)29(37)39-2)22-11-7-6-10-17(22)20-14-21-19(33-20)12-13-23(30)34-21/h3-14,24,33H,32H2,1-2H3. The van der Waals surface area contributed by atoms with E-state index in [4.69, 9.17) is 26.8 Å². The third kappa shape index (κ3) is 4.37. The van der Waals surface area contributed by atoms with Crippen molar-refractivity contribution in [2.75, 3.05) is 19.1 Å². The highest BCUT2D eigenvalue weighted by Crippen LogP contribution is 2.45. The van der Waals surface area contributed by atoms with Gasteiger partial charge >= 0.3 is 11.9 Å². The molecule has 2 aromatic carbocycles. The maximum Gasteiger partial charge on any atom is 0.355 e. The Morgan fingerprint density at radius 1 is 1.03 bits per heavy atom. The molecule has 0 fully saturated rings. The lowest BCUT2D eigenvalue weighted by Gasteiger charge is -2.36. The molecule has 4 aromatic rings. The summed E-state index contributed by atoms with van der Waals surface area (Å²) in [7, 11) is 2.42.